The molecule has 148 valence electrons. The fraction of sp³-hybridized carbons (Fsp3) is 0.348. The topological polar surface area (TPSA) is 60.7 Å². The van der Waals surface area contributed by atoms with Crippen LogP contribution < -0.4 is 15.0 Å². The van der Waals surface area contributed by atoms with Crippen LogP contribution in [0.5, 0.6) is 17.2 Å². The largest absolute Gasteiger partial charge is 0.508 e. The minimum Gasteiger partial charge on any atom is -0.508 e. The summed E-state index contributed by atoms with van der Waals surface area (Å²) >= 11 is 0. The molecule has 0 spiro atoms. The molecule has 3 rings (SSSR count). The van der Waals surface area contributed by atoms with Crippen LogP contribution in [0.2, 0.25) is 0 Å². The average Bonchev–Trinajstić information content (AvgIpc) is 2.68. The molecule has 0 amide bonds. The van der Waals surface area contributed by atoms with Crippen molar-refractivity contribution in [2.75, 3.05) is 6.61 Å². The van der Waals surface area contributed by atoms with Gasteiger partial charge in [-0.25, -0.2) is 0 Å². The van der Waals surface area contributed by atoms with Crippen molar-refractivity contribution in [2.24, 2.45) is 0 Å². The first-order valence-corrected chi connectivity index (χ1v) is 9.73. The van der Waals surface area contributed by atoms with Crippen LogP contribution in [0.25, 0.3) is 10.9 Å². The molecule has 0 saturated carbocycles. The second kappa shape index (κ2) is 8.83. The zero-order chi connectivity index (χ0) is 20.1. The van der Waals surface area contributed by atoms with E-state index in [0.717, 1.165) is 23.8 Å². The summed E-state index contributed by atoms with van der Waals surface area (Å²) in [6.07, 6.45) is 1.83. The van der Waals surface area contributed by atoms with E-state index < -0.39 is 0 Å². The Hall–Kier alpha value is -2.95. The molecule has 3 aromatic rings. The molecule has 28 heavy (non-hydrogen) atoms. The number of pyridine rings is 1. The summed E-state index contributed by atoms with van der Waals surface area (Å²) in [6, 6.07) is 14.7. The summed E-state index contributed by atoms with van der Waals surface area (Å²) in [7, 11) is 0. The van der Waals surface area contributed by atoms with E-state index in [1.54, 1.807) is 22.8 Å². The number of aromatic nitrogens is 1. The Labute approximate surface area is 165 Å². The minimum atomic E-state index is -0.243. The molecule has 0 unspecified atom stereocenters. The molecule has 5 heteroatoms. The zero-order valence-electron chi connectivity index (χ0n) is 16.6. The molecule has 0 bridgehead atoms. The molecule has 0 atom stereocenters. The maximum atomic E-state index is 13.2. The van der Waals surface area contributed by atoms with E-state index in [1.165, 1.54) is 0 Å². The molecule has 0 aliphatic heterocycles. The number of rotatable bonds is 8. The summed E-state index contributed by atoms with van der Waals surface area (Å²) in [5, 5.41) is 10.7. The highest BCUT2D eigenvalue weighted by molar-refractivity contribution is 5.89. The fourth-order valence-electron chi connectivity index (χ4n) is 3.18. The van der Waals surface area contributed by atoms with Gasteiger partial charge in [0.15, 0.2) is 5.75 Å². The Morgan fingerprint density at radius 2 is 1.79 bits per heavy atom. The van der Waals surface area contributed by atoms with Crippen LogP contribution in [0.15, 0.2) is 53.3 Å². The highest BCUT2D eigenvalue weighted by Crippen LogP contribution is 2.36. The number of hydrogen-bond donors (Lipinski definition) is 1. The zero-order valence-corrected chi connectivity index (χ0v) is 16.6. The van der Waals surface area contributed by atoms with Gasteiger partial charge in [-0.3, -0.25) is 4.79 Å². The highest BCUT2D eigenvalue weighted by Gasteiger charge is 2.21. The van der Waals surface area contributed by atoms with E-state index in [0.29, 0.717) is 24.5 Å². The van der Waals surface area contributed by atoms with Crippen molar-refractivity contribution in [3.8, 4) is 17.2 Å². The number of ether oxygens (including phenoxy) is 2. The van der Waals surface area contributed by atoms with Crippen molar-refractivity contribution >= 4 is 10.9 Å². The number of fused-ring (bicyclic) bond motifs is 1. The van der Waals surface area contributed by atoms with Gasteiger partial charge in [0.05, 0.1) is 12.1 Å². The van der Waals surface area contributed by atoms with Gasteiger partial charge in [-0.05, 0) is 38.0 Å². The Balaban J connectivity index is 2.15. The monoisotopic (exact) mass is 381 g/mol. The molecule has 0 aliphatic rings. The van der Waals surface area contributed by atoms with Crippen LogP contribution in [0.4, 0.5) is 0 Å². The highest BCUT2D eigenvalue weighted by atomic mass is 16.5. The van der Waals surface area contributed by atoms with Crippen LogP contribution in [0, 0.1) is 0 Å². The molecular formula is C23H27NO4. The Bertz CT molecular complexity index is 993. The predicted octanol–water partition coefficient (Wildman–Crippen LogP) is 5.05. The second-order valence-corrected chi connectivity index (χ2v) is 7.10. The van der Waals surface area contributed by atoms with Gasteiger partial charge < -0.3 is 19.1 Å². The lowest BCUT2D eigenvalue weighted by molar-refractivity contribution is 0.256. The van der Waals surface area contributed by atoms with Gasteiger partial charge in [-0.2, -0.15) is 0 Å². The van der Waals surface area contributed by atoms with Crippen molar-refractivity contribution < 1.29 is 14.6 Å². The van der Waals surface area contributed by atoms with Gasteiger partial charge >= 0.3 is 0 Å². The van der Waals surface area contributed by atoms with Crippen LogP contribution in [-0.4, -0.2) is 16.3 Å². The standard InChI is InChI=1S/C23H27NO4/c1-4-5-13-27-22-21(28-15-17-9-7-6-8-10-17)19-12-11-18(25)14-20(19)24(16(2)3)23(22)26/h6-12,14,16,25H,4-5,13,15H2,1-3H3. The summed E-state index contributed by atoms with van der Waals surface area (Å²) in [4.78, 5) is 13.2. The molecule has 5 nitrogen and oxygen atoms in total. The summed E-state index contributed by atoms with van der Waals surface area (Å²) in [5.41, 5.74) is 1.39. The minimum absolute atomic E-state index is 0.0894. The van der Waals surface area contributed by atoms with Gasteiger partial charge in [0, 0.05) is 17.5 Å². The van der Waals surface area contributed by atoms with E-state index in [4.69, 9.17) is 9.47 Å². The lowest BCUT2D eigenvalue weighted by Crippen LogP contribution is -2.25. The quantitative estimate of drug-likeness (QED) is 0.555. The molecule has 0 fully saturated rings. The van der Waals surface area contributed by atoms with E-state index in [9.17, 15) is 9.90 Å². The van der Waals surface area contributed by atoms with Gasteiger partial charge in [0.1, 0.15) is 12.4 Å². The maximum absolute atomic E-state index is 13.2. The van der Waals surface area contributed by atoms with Crippen LogP contribution in [-0.2, 0) is 6.61 Å². The summed E-state index contributed by atoms with van der Waals surface area (Å²) in [5.74, 6) is 0.767. The van der Waals surface area contributed by atoms with Gasteiger partial charge in [0.25, 0.3) is 5.56 Å². The van der Waals surface area contributed by atoms with Crippen LogP contribution in [0.1, 0.15) is 45.2 Å². The van der Waals surface area contributed by atoms with Crippen molar-refractivity contribution in [3.05, 3.63) is 64.4 Å². The Morgan fingerprint density at radius 3 is 2.46 bits per heavy atom. The van der Waals surface area contributed by atoms with E-state index in [-0.39, 0.29) is 23.1 Å². The SMILES string of the molecule is CCCCOc1c(OCc2ccccc2)c2ccc(O)cc2n(C(C)C)c1=O. The Morgan fingerprint density at radius 1 is 1.04 bits per heavy atom. The second-order valence-electron chi connectivity index (χ2n) is 7.10. The first-order valence-electron chi connectivity index (χ1n) is 9.73. The molecule has 1 aromatic heterocycles. The number of aromatic hydroxyl groups is 1. The average molecular weight is 381 g/mol. The van der Waals surface area contributed by atoms with Gasteiger partial charge in [-0.15, -0.1) is 0 Å². The van der Waals surface area contributed by atoms with Crippen LogP contribution in [0.3, 0.4) is 0 Å². The first kappa shape index (κ1) is 19.8. The van der Waals surface area contributed by atoms with Gasteiger partial charge in [0.2, 0.25) is 5.75 Å². The van der Waals surface area contributed by atoms with E-state index in [2.05, 4.69) is 6.92 Å². The smallest absolute Gasteiger partial charge is 0.297 e. The lowest BCUT2D eigenvalue weighted by Gasteiger charge is -2.20. The molecular weight excluding hydrogens is 354 g/mol. The van der Waals surface area contributed by atoms with Crippen molar-refractivity contribution in [1.29, 1.82) is 0 Å². The summed E-state index contributed by atoms with van der Waals surface area (Å²) in [6.45, 7) is 6.73. The normalized spacial score (nSPS) is 11.1. The van der Waals surface area contributed by atoms with Crippen molar-refractivity contribution in [3.63, 3.8) is 0 Å². The van der Waals surface area contributed by atoms with Crippen molar-refractivity contribution in [2.45, 2.75) is 46.3 Å². The van der Waals surface area contributed by atoms with E-state index >= 15 is 0 Å². The summed E-state index contributed by atoms with van der Waals surface area (Å²) < 4.78 is 13.7. The molecule has 0 aliphatic carbocycles. The number of phenolic OH excluding ortho intramolecular Hbond substituents is 1. The predicted molar refractivity (Wildman–Crippen MR) is 111 cm³/mol. The molecule has 1 N–H and O–H groups in total. The molecule has 2 aromatic carbocycles. The maximum Gasteiger partial charge on any atom is 0.297 e. The number of unbranched alkanes of at least 4 members (excludes halogenated alkanes) is 1. The molecule has 0 radical (unpaired) electrons. The fourth-order valence-corrected chi connectivity index (χ4v) is 3.18. The molecule has 0 saturated heterocycles. The van der Waals surface area contributed by atoms with E-state index in [1.807, 2.05) is 44.2 Å². The third-order valence-electron chi connectivity index (χ3n) is 4.59. The lowest BCUT2D eigenvalue weighted by atomic mass is 10.1. The molecule has 1 heterocycles. The van der Waals surface area contributed by atoms with Crippen LogP contribution >= 0.6 is 0 Å². The van der Waals surface area contributed by atoms with Gasteiger partial charge in [-0.1, -0.05) is 43.7 Å². The first-order chi connectivity index (χ1) is 13.5. The van der Waals surface area contributed by atoms with Crippen molar-refractivity contribution in [1.82, 2.24) is 4.57 Å². The Kier molecular flexibility index (Phi) is 6.24. The third kappa shape index (κ3) is 4.14. The number of benzene rings is 2. The number of nitrogens with zero attached hydrogens (tertiary/aromatic N) is 1. The third-order valence-corrected chi connectivity index (χ3v) is 4.59. The number of phenols is 1. The number of hydrogen-bond acceptors (Lipinski definition) is 4.